The van der Waals surface area contributed by atoms with E-state index in [0.717, 1.165) is 26.8 Å². The van der Waals surface area contributed by atoms with Crippen LogP contribution in [0.2, 0.25) is 5.02 Å². The Balaban J connectivity index is 2.16. The van der Waals surface area contributed by atoms with Gasteiger partial charge in [0.05, 0.1) is 0 Å². The van der Waals surface area contributed by atoms with Gasteiger partial charge in [0.1, 0.15) is 0 Å². The molecule has 0 spiro atoms. The lowest BCUT2D eigenvalue weighted by molar-refractivity contribution is 0.101. The average Bonchev–Trinajstić information content (AvgIpc) is 2.38. The summed E-state index contributed by atoms with van der Waals surface area (Å²) >= 11 is 7.75. The molecule has 92 valence electrons. The Hall–Kier alpha value is -1.25. The van der Waals surface area contributed by atoms with Crippen LogP contribution in [0.25, 0.3) is 0 Å². The predicted octanol–water partition coefficient (Wildman–Crippen LogP) is 4.83. The van der Waals surface area contributed by atoms with E-state index in [1.165, 1.54) is 0 Å². The molecule has 0 saturated carbocycles. The molecule has 0 N–H and O–H groups in total. The molecule has 2 aromatic carbocycles. The number of Topliss-reactive ketones (excluding diaryl/α,β-unsaturated/α-hetero) is 1. The average molecular weight is 277 g/mol. The summed E-state index contributed by atoms with van der Waals surface area (Å²) < 4.78 is 0. The molecular weight excluding hydrogens is 264 g/mol. The third-order valence-corrected chi connectivity index (χ3v) is 4.10. The largest absolute Gasteiger partial charge is 0.294 e. The lowest BCUT2D eigenvalue weighted by Crippen LogP contribution is -1.94. The highest BCUT2D eigenvalue weighted by Crippen LogP contribution is 2.29. The van der Waals surface area contributed by atoms with Crippen molar-refractivity contribution < 1.29 is 4.79 Å². The Kier molecular flexibility index (Phi) is 4.45. The van der Waals surface area contributed by atoms with E-state index in [4.69, 9.17) is 11.6 Å². The first-order chi connectivity index (χ1) is 8.68. The summed E-state index contributed by atoms with van der Waals surface area (Å²) in [6.07, 6.45) is 0. The van der Waals surface area contributed by atoms with Crippen LogP contribution in [-0.2, 0) is 5.75 Å². The Labute approximate surface area is 116 Å². The zero-order valence-corrected chi connectivity index (χ0v) is 11.6. The highest BCUT2D eigenvalue weighted by atomic mass is 35.5. The third kappa shape index (κ3) is 3.15. The molecule has 0 unspecified atom stereocenters. The van der Waals surface area contributed by atoms with Gasteiger partial charge < -0.3 is 0 Å². The van der Waals surface area contributed by atoms with Gasteiger partial charge in [-0.15, -0.1) is 11.8 Å². The fourth-order valence-electron chi connectivity index (χ4n) is 1.65. The number of thioether (sulfide) groups is 1. The smallest absolute Gasteiger partial charge is 0.160 e. The van der Waals surface area contributed by atoms with Crippen LogP contribution in [0.4, 0.5) is 0 Å². The molecule has 0 aliphatic rings. The van der Waals surface area contributed by atoms with Crippen molar-refractivity contribution in [3.05, 3.63) is 64.7 Å². The van der Waals surface area contributed by atoms with Crippen LogP contribution < -0.4 is 0 Å². The lowest BCUT2D eigenvalue weighted by atomic mass is 10.1. The van der Waals surface area contributed by atoms with Gasteiger partial charge in [0.2, 0.25) is 0 Å². The highest BCUT2D eigenvalue weighted by Gasteiger charge is 2.07. The standard InChI is InChI=1S/C15H13ClOS/c1-11(17)13-7-3-5-9-15(13)18-10-12-6-2-4-8-14(12)16/h2-9H,10H2,1H3. The van der Waals surface area contributed by atoms with Crippen molar-refractivity contribution in [1.29, 1.82) is 0 Å². The second-order valence-electron chi connectivity index (χ2n) is 3.93. The number of hydrogen-bond acceptors (Lipinski definition) is 2. The third-order valence-electron chi connectivity index (χ3n) is 2.61. The van der Waals surface area contributed by atoms with Crippen molar-refractivity contribution in [2.24, 2.45) is 0 Å². The summed E-state index contributed by atoms with van der Waals surface area (Å²) in [7, 11) is 0. The predicted molar refractivity (Wildman–Crippen MR) is 77.5 cm³/mol. The number of carbonyl (C=O) groups is 1. The Bertz CT molecular complexity index is 566. The SMILES string of the molecule is CC(=O)c1ccccc1SCc1ccccc1Cl. The maximum Gasteiger partial charge on any atom is 0.160 e. The number of hydrogen-bond donors (Lipinski definition) is 0. The second kappa shape index (κ2) is 6.07. The molecule has 0 bridgehead atoms. The minimum atomic E-state index is 0.0947. The summed E-state index contributed by atoms with van der Waals surface area (Å²) in [4.78, 5) is 12.5. The van der Waals surface area contributed by atoms with Crippen molar-refractivity contribution in [1.82, 2.24) is 0 Å². The van der Waals surface area contributed by atoms with Crippen molar-refractivity contribution in [3.8, 4) is 0 Å². The van der Waals surface area contributed by atoms with Gasteiger partial charge in [-0.3, -0.25) is 4.79 Å². The summed E-state index contributed by atoms with van der Waals surface area (Å²) in [6, 6.07) is 15.4. The van der Waals surface area contributed by atoms with Crippen LogP contribution >= 0.6 is 23.4 Å². The summed E-state index contributed by atoms with van der Waals surface area (Å²) in [5.74, 6) is 0.863. The molecule has 2 aromatic rings. The Morgan fingerprint density at radius 1 is 1.11 bits per heavy atom. The van der Waals surface area contributed by atoms with Gasteiger partial charge in [-0.2, -0.15) is 0 Å². The topological polar surface area (TPSA) is 17.1 Å². The number of carbonyl (C=O) groups excluding carboxylic acids is 1. The fourth-order valence-corrected chi connectivity index (χ4v) is 3.04. The molecule has 0 aliphatic heterocycles. The van der Waals surface area contributed by atoms with Crippen LogP contribution in [0, 0.1) is 0 Å². The molecule has 0 atom stereocenters. The van der Waals surface area contributed by atoms with E-state index < -0.39 is 0 Å². The molecule has 0 saturated heterocycles. The second-order valence-corrected chi connectivity index (χ2v) is 5.36. The lowest BCUT2D eigenvalue weighted by Gasteiger charge is -2.07. The van der Waals surface area contributed by atoms with Gasteiger partial charge in [0, 0.05) is 21.2 Å². The van der Waals surface area contributed by atoms with Crippen molar-refractivity contribution in [2.45, 2.75) is 17.6 Å². The fraction of sp³-hybridized carbons (Fsp3) is 0.133. The molecule has 0 amide bonds. The normalized spacial score (nSPS) is 10.3. The zero-order chi connectivity index (χ0) is 13.0. The van der Waals surface area contributed by atoms with Gasteiger partial charge in [-0.25, -0.2) is 0 Å². The van der Waals surface area contributed by atoms with Gasteiger partial charge in [-0.1, -0.05) is 48.0 Å². The molecule has 18 heavy (non-hydrogen) atoms. The van der Waals surface area contributed by atoms with Crippen LogP contribution in [0.5, 0.6) is 0 Å². The van der Waals surface area contributed by atoms with Crippen LogP contribution in [0.3, 0.4) is 0 Å². The first-order valence-electron chi connectivity index (χ1n) is 5.64. The minimum absolute atomic E-state index is 0.0947. The van der Waals surface area contributed by atoms with E-state index in [1.807, 2.05) is 48.5 Å². The molecule has 3 heteroatoms. The monoisotopic (exact) mass is 276 g/mol. The number of halogens is 1. The van der Waals surface area contributed by atoms with E-state index in [0.29, 0.717) is 0 Å². The number of benzene rings is 2. The molecule has 1 nitrogen and oxygen atoms in total. The molecule has 0 radical (unpaired) electrons. The first-order valence-corrected chi connectivity index (χ1v) is 7.01. The Morgan fingerprint density at radius 3 is 2.50 bits per heavy atom. The zero-order valence-electron chi connectivity index (χ0n) is 10.0. The van der Waals surface area contributed by atoms with Crippen molar-refractivity contribution in [3.63, 3.8) is 0 Å². The molecule has 0 fully saturated rings. The minimum Gasteiger partial charge on any atom is -0.294 e. The van der Waals surface area contributed by atoms with Crippen LogP contribution in [0.15, 0.2) is 53.4 Å². The van der Waals surface area contributed by atoms with E-state index >= 15 is 0 Å². The molecule has 2 rings (SSSR count). The van der Waals surface area contributed by atoms with Gasteiger partial charge in [-0.05, 0) is 24.6 Å². The number of rotatable bonds is 4. The van der Waals surface area contributed by atoms with Gasteiger partial charge >= 0.3 is 0 Å². The van der Waals surface area contributed by atoms with E-state index in [9.17, 15) is 4.79 Å². The maximum atomic E-state index is 11.5. The molecule has 0 aliphatic carbocycles. The van der Waals surface area contributed by atoms with Crippen LogP contribution in [-0.4, -0.2) is 5.78 Å². The van der Waals surface area contributed by atoms with Gasteiger partial charge in [0.25, 0.3) is 0 Å². The summed E-state index contributed by atoms with van der Waals surface area (Å²) in [6.45, 7) is 1.59. The van der Waals surface area contributed by atoms with Crippen LogP contribution in [0.1, 0.15) is 22.8 Å². The number of ketones is 1. The first kappa shape index (κ1) is 13.2. The summed E-state index contributed by atoms with van der Waals surface area (Å²) in [5, 5.41) is 0.769. The molecule has 0 heterocycles. The highest BCUT2D eigenvalue weighted by molar-refractivity contribution is 7.98. The van der Waals surface area contributed by atoms with Crippen molar-refractivity contribution >= 4 is 29.1 Å². The quantitative estimate of drug-likeness (QED) is 0.587. The molecule has 0 aromatic heterocycles. The maximum absolute atomic E-state index is 11.5. The Morgan fingerprint density at radius 2 is 1.78 bits per heavy atom. The van der Waals surface area contributed by atoms with Crippen molar-refractivity contribution in [2.75, 3.05) is 0 Å². The van der Waals surface area contributed by atoms with E-state index in [1.54, 1.807) is 18.7 Å². The summed E-state index contributed by atoms with van der Waals surface area (Å²) in [5.41, 5.74) is 1.86. The van der Waals surface area contributed by atoms with E-state index in [-0.39, 0.29) is 5.78 Å². The van der Waals surface area contributed by atoms with E-state index in [2.05, 4.69) is 0 Å². The van der Waals surface area contributed by atoms with Gasteiger partial charge in [0.15, 0.2) is 5.78 Å². The molecular formula is C15H13ClOS.